The predicted octanol–water partition coefficient (Wildman–Crippen LogP) is 3.91. The lowest BCUT2D eigenvalue weighted by molar-refractivity contribution is 0.177. The highest BCUT2D eigenvalue weighted by Crippen LogP contribution is 2.23. The minimum Gasteiger partial charge on any atom is -0.462 e. The van der Waals surface area contributed by atoms with E-state index >= 15 is 0 Å². The monoisotopic (exact) mass is 460 g/mol. The number of para-hydroxylation sites is 1. The summed E-state index contributed by atoms with van der Waals surface area (Å²) in [6.45, 7) is 8.60. The Hall–Kier alpha value is -3.46. The van der Waals surface area contributed by atoms with Gasteiger partial charge in [0.2, 0.25) is 5.95 Å². The number of rotatable bonds is 9. The molecular formula is C25H32N8O. The first kappa shape index (κ1) is 22.3. The van der Waals surface area contributed by atoms with Crippen molar-refractivity contribution in [2.24, 2.45) is 0 Å². The second-order valence-electron chi connectivity index (χ2n) is 9.00. The van der Waals surface area contributed by atoms with Crippen molar-refractivity contribution >= 4 is 11.6 Å². The lowest BCUT2D eigenvalue weighted by atomic mass is 10.1. The zero-order valence-corrected chi connectivity index (χ0v) is 19.9. The summed E-state index contributed by atoms with van der Waals surface area (Å²) in [5.74, 6) is 0.905. The fraction of sp³-hybridized carbons (Fsp3) is 0.440. The van der Waals surface area contributed by atoms with E-state index in [9.17, 15) is 0 Å². The van der Waals surface area contributed by atoms with Crippen molar-refractivity contribution in [3.63, 3.8) is 0 Å². The Morgan fingerprint density at radius 1 is 1.03 bits per heavy atom. The zero-order chi connectivity index (χ0) is 23.3. The van der Waals surface area contributed by atoms with Crippen LogP contribution in [0.4, 0.5) is 5.95 Å². The van der Waals surface area contributed by atoms with E-state index in [-0.39, 0.29) is 0 Å². The summed E-state index contributed by atoms with van der Waals surface area (Å²) in [5.41, 5.74) is 3.97. The van der Waals surface area contributed by atoms with Gasteiger partial charge >= 0.3 is 6.01 Å². The molecule has 5 rings (SSSR count). The third-order valence-corrected chi connectivity index (χ3v) is 6.26. The van der Waals surface area contributed by atoms with Crippen LogP contribution in [0.3, 0.4) is 0 Å². The van der Waals surface area contributed by atoms with Crippen molar-refractivity contribution in [1.82, 2.24) is 34.3 Å². The van der Waals surface area contributed by atoms with Gasteiger partial charge in [0.15, 0.2) is 5.65 Å². The van der Waals surface area contributed by atoms with Crippen molar-refractivity contribution in [3.8, 4) is 11.7 Å². The van der Waals surface area contributed by atoms with Crippen LogP contribution in [0.5, 0.6) is 6.01 Å². The Morgan fingerprint density at radius 3 is 2.68 bits per heavy atom. The number of hydrogen-bond acceptors (Lipinski definition) is 7. The number of benzene rings is 1. The molecule has 0 unspecified atom stereocenters. The molecule has 1 saturated heterocycles. The Morgan fingerprint density at radius 2 is 1.88 bits per heavy atom. The summed E-state index contributed by atoms with van der Waals surface area (Å²) < 4.78 is 9.67. The summed E-state index contributed by atoms with van der Waals surface area (Å²) >= 11 is 0. The molecule has 4 heterocycles. The molecule has 178 valence electrons. The van der Waals surface area contributed by atoms with Crippen LogP contribution in [0.15, 0.2) is 48.9 Å². The van der Waals surface area contributed by atoms with Crippen LogP contribution in [0, 0.1) is 0 Å². The second kappa shape index (κ2) is 10.2. The number of aromatic nitrogens is 6. The average Bonchev–Trinajstić information content (AvgIpc) is 3.54. The first-order valence-electron chi connectivity index (χ1n) is 12.1. The number of fused-ring (bicyclic) bond motifs is 1. The van der Waals surface area contributed by atoms with Gasteiger partial charge in [0.05, 0.1) is 11.9 Å². The molecule has 1 aliphatic heterocycles. The molecule has 9 nitrogen and oxygen atoms in total. The number of hydrogen-bond donors (Lipinski definition) is 1. The maximum atomic E-state index is 6.04. The molecule has 1 fully saturated rings. The molecule has 1 aliphatic rings. The van der Waals surface area contributed by atoms with Crippen molar-refractivity contribution in [2.75, 3.05) is 31.6 Å². The Balaban J connectivity index is 1.38. The quantitative estimate of drug-likeness (QED) is 0.405. The zero-order valence-electron chi connectivity index (χ0n) is 19.9. The van der Waals surface area contributed by atoms with Crippen LogP contribution in [-0.2, 0) is 6.54 Å². The van der Waals surface area contributed by atoms with Crippen LogP contribution in [-0.4, -0.2) is 60.5 Å². The lowest BCUT2D eigenvalue weighted by Gasteiger charge is -2.25. The Labute approximate surface area is 199 Å². The van der Waals surface area contributed by atoms with E-state index in [0.29, 0.717) is 31.0 Å². The van der Waals surface area contributed by atoms with Gasteiger partial charge in [0, 0.05) is 31.0 Å². The summed E-state index contributed by atoms with van der Waals surface area (Å²) in [6, 6.07) is 10.5. The highest BCUT2D eigenvalue weighted by atomic mass is 16.5. The van der Waals surface area contributed by atoms with E-state index in [2.05, 4.69) is 51.4 Å². The SMILES string of the molecule is CC(C)c1cnn2c(NCc3ccccc3-n3cccn3)nc(OCCN3CCCCC3)nc12. The van der Waals surface area contributed by atoms with Gasteiger partial charge in [-0.05, 0) is 49.5 Å². The maximum Gasteiger partial charge on any atom is 0.321 e. The fourth-order valence-electron chi connectivity index (χ4n) is 4.38. The number of piperidine rings is 1. The van der Waals surface area contributed by atoms with Crippen LogP contribution in [0.1, 0.15) is 50.2 Å². The molecule has 4 aromatic rings. The first-order valence-corrected chi connectivity index (χ1v) is 12.1. The number of nitrogens with one attached hydrogen (secondary N) is 1. The summed E-state index contributed by atoms with van der Waals surface area (Å²) in [4.78, 5) is 11.8. The van der Waals surface area contributed by atoms with Crippen molar-refractivity contribution in [1.29, 1.82) is 0 Å². The maximum absolute atomic E-state index is 6.04. The van der Waals surface area contributed by atoms with Crippen LogP contribution < -0.4 is 10.1 Å². The van der Waals surface area contributed by atoms with Gasteiger partial charge in [-0.2, -0.15) is 24.7 Å². The van der Waals surface area contributed by atoms with Gasteiger partial charge in [-0.1, -0.05) is 38.5 Å². The molecule has 0 radical (unpaired) electrons. The van der Waals surface area contributed by atoms with E-state index in [1.54, 1.807) is 10.7 Å². The number of likely N-dealkylation sites (tertiary alicyclic amines) is 1. The molecule has 0 aliphatic carbocycles. The molecule has 9 heteroatoms. The third kappa shape index (κ3) is 4.89. The van der Waals surface area contributed by atoms with Crippen molar-refractivity contribution in [2.45, 2.75) is 45.6 Å². The van der Waals surface area contributed by atoms with Crippen LogP contribution in [0.25, 0.3) is 11.3 Å². The number of ether oxygens (including phenoxy) is 1. The van der Waals surface area contributed by atoms with E-state index in [4.69, 9.17) is 9.72 Å². The summed E-state index contributed by atoms with van der Waals surface area (Å²) in [6.07, 6.45) is 9.46. The largest absolute Gasteiger partial charge is 0.462 e. The normalized spacial score (nSPS) is 14.7. The van der Waals surface area contributed by atoms with E-state index < -0.39 is 0 Å². The predicted molar refractivity (Wildman–Crippen MR) is 132 cm³/mol. The smallest absolute Gasteiger partial charge is 0.321 e. The summed E-state index contributed by atoms with van der Waals surface area (Å²) in [7, 11) is 0. The van der Waals surface area contributed by atoms with Crippen molar-refractivity contribution in [3.05, 3.63) is 60.0 Å². The molecule has 0 saturated carbocycles. The van der Waals surface area contributed by atoms with Gasteiger partial charge in [-0.3, -0.25) is 4.90 Å². The standard InChI is InChI=1S/C25H32N8O/c1-19(2)21-18-28-33-23(21)29-25(34-16-15-31-12-6-3-7-13-31)30-24(33)26-17-20-9-4-5-10-22(20)32-14-8-11-27-32/h4-5,8-11,14,18-19H,3,6-7,12-13,15-17H2,1-2H3,(H,26,29,30). The molecule has 3 aromatic heterocycles. The highest BCUT2D eigenvalue weighted by molar-refractivity contribution is 5.53. The molecular weight excluding hydrogens is 428 g/mol. The van der Waals surface area contributed by atoms with E-state index in [1.807, 2.05) is 35.3 Å². The average molecular weight is 461 g/mol. The number of anilines is 1. The third-order valence-electron chi connectivity index (χ3n) is 6.26. The Kier molecular flexibility index (Phi) is 6.71. The highest BCUT2D eigenvalue weighted by Gasteiger charge is 2.17. The van der Waals surface area contributed by atoms with Gasteiger partial charge in [0.25, 0.3) is 0 Å². The summed E-state index contributed by atoms with van der Waals surface area (Å²) in [5, 5.41) is 12.4. The molecule has 0 atom stereocenters. The number of nitrogens with zero attached hydrogens (tertiary/aromatic N) is 7. The molecule has 1 N–H and O–H groups in total. The molecule has 1 aromatic carbocycles. The molecule has 0 amide bonds. The van der Waals surface area contributed by atoms with Crippen LogP contribution in [0.2, 0.25) is 0 Å². The van der Waals surface area contributed by atoms with Gasteiger partial charge in [0.1, 0.15) is 6.61 Å². The van der Waals surface area contributed by atoms with Gasteiger partial charge in [-0.15, -0.1) is 0 Å². The molecule has 0 bridgehead atoms. The molecule has 34 heavy (non-hydrogen) atoms. The van der Waals surface area contributed by atoms with Gasteiger partial charge < -0.3 is 10.1 Å². The lowest BCUT2D eigenvalue weighted by Crippen LogP contribution is -2.33. The van der Waals surface area contributed by atoms with E-state index in [1.165, 1.54) is 19.3 Å². The van der Waals surface area contributed by atoms with Crippen molar-refractivity contribution < 1.29 is 4.74 Å². The molecule has 0 spiro atoms. The van der Waals surface area contributed by atoms with E-state index in [0.717, 1.165) is 42.1 Å². The van der Waals surface area contributed by atoms with Gasteiger partial charge in [-0.25, -0.2) is 4.68 Å². The van der Waals surface area contributed by atoms with Crippen LogP contribution >= 0.6 is 0 Å². The first-order chi connectivity index (χ1) is 16.7. The fourth-order valence-corrected chi connectivity index (χ4v) is 4.38. The topological polar surface area (TPSA) is 85.4 Å². The minimum absolute atomic E-state index is 0.294. The second-order valence-corrected chi connectivity index (χ2v) is 9.00. The minimum atomic E-state index is 0.294. The Bertz CT molecular complexity index is 1210.